The van der Waals surface area contributed by atoms with E-state index in [1.807, 2.05) is 43.3 Å². The van der Waals surface area contributed by atoms with E-state index in [-0.39, 0.29) is 11.6 Å². The Balaban J connectivity index is 1.66. The van der Waals surface area contributed by atoms with E-state index in [9.17, 15) is 4.79 Å². The van der Waals surface area contributed by atoms with Crippen LogP contribution < -0.4 is 10.2 Å². The minimum Gasteiger partial charge on any atom is -0.493 e. The summed E-state index contributed by atoms with van der Waals surface area (Å²) in [7, 11) is 0. The number of thiophene rings is 1. The number of nitrogens with one attached hydrogen (secondary N) is 2. The number of halogens is 1. The van der Waals surface area contributed by atoms with E-state index in [1.54, 1.807) is 23.6 Å². The van der Waals surface area contributed by atoms with Crippen LogP contribution in [0.25, 0.3) is 10.6 Å². The average Bonchev–Trinajstić information content (AvgIpc) is 3.25. The van der Waals surface area contributed by atoms with Gasteiger partial charge in [-0.15, -0.1) is 11.3 Å². The summed E-state index contributed by atoms with van der Waals surface area (Å²) in [6.07, 6.45) is 1.55. The first kappa shape index (κ1) is 17.4. The van der Waals surface area contributed by atoms with Gasteiger partial charge in [-0.3, -0.25) is 9.89 Å². The fourth-order valence-corrected chi connectivity index (χ4v) is 3.47. The number of carbonyl (C=O) groups is 1. The minimum atomic E-state index is -0.386. The summed E-state index contributed by atoms with van der Waals surface area (Å²) in [4.78, 5) is 13.1. The summed E-state index contributed by atoms with van der Waals surface area (Å²) < 4.78 is 6.52. The number of carbonyl (C=O) groups excluding carboxylic acids is 1. The smallest absolute Gasteiger partial charge is 0.291 e. The Morgan fingerprint density at radius 3 is 3.00 bits per heavy atom. The molecule has 0 radical (unpaired) electrons. The van der Waals surface area contributed by atoms with Crippen molar-refractivity contribution in [1.82, 2.24) is 15.6 Å². The van der Waals surface area contributed by atoms with E-state index in [4.69, 9.17) is 4.74 Å². The zero-order valence-corrected chi connectivity index (χ0v) is 15.7. The van der Waals surface area contributed by atoms with E-state index in [0.717, 1.165) is 19.9 Å². The Kier molecular flexibility index (Phi) is 5.62. The normalized spacial score (nSPS) is 11.0. The first-order chi connectivity index (χ1) is 12.2. The molecule has 3 rings (SSSR count). The van der Waals surface area contributed by atoms with Crippen molar-refractivity contribution in [2.75, 3.05) is 6.61 Å². The molecule has 0 unspecified atom stereocenters. The number of para-hydroxylation sites is 1. The molecule has 0 saturated carbocycles. The fourth-order valence-electron chi connectivity index (χ4n) is 2.12. The second-order valence-electron chi connectivity index (χ2n) is 4.94. The van der Waals surface area contributed by atoms with Gasteiger partial charge in [0.1, 0.15) is 5.75 Å². The zero-order chi connectivity index (χ0) is 17.6. The Morgan fingerprint density at radius 1 is 1.40 bits per heavy atom. The van der Waals surface area contributed by atoms with Gasteiger partial charge in [0.2, 0.25) is 0 Å². The van der Waals surface area contributed by atoms with Crippen molar-refractivity contribution in [3.05, 3.63) is 57.5 Å². The maximum atomic E-state index is 12.2. The Morgan fingerprint density at radius 2 is 2.24 bits per heavy atom. The molecular weight excluding hydrogens is 404 g/mol. The lowest BCUT2D eigenvalue weighted by Gasteiger charge is -2.05. The van der Waals surface area contributed by atoms with Crippen LogP contribution in [0.3, 0.4) is 0 Å². The van der Waals surface area contributed by atoms with E-state index in [2.05, 4.69) is 36.7 Å². The van der Waals surface area contributed by atoms with E-state index < -0.39 is 0 Å². The van der Waals surface area contributed by atoms with Crippen LogP contribution >= 0.6 is 27.3 Å². The Hall–Kier alpha value is -2.45. The van der Waals surface area contributed by atoms with Crippen molar-refractivity contribution in [3.8, 4) is 16.3 Å². The minimum absolute atomic E-state index is 0.273. The van der Waals surface area contributed by atoms with Gasteiger partial charge in [-0.25, -0.2) is 5.43 Å². The summed E-state index contributed by atoms with van der Waals surface area (Å²) in [5.74, 6) is 0.330. The van der Waals surface area contributed by atoms with E-state index in [1.165, 1.54) is 0 Å². The van der Waals surface area contributed by atoms with Crippen molar-refractivity contribution in [2.24, 2.45) is 5.10 Å². The molecular formula is C17H15BrN4O2S. The van der Waals surface area contributed by atoms with Gasteiger partial charge in [0.05, 0.1) is 27.2 Å². The standard InChI is InChI=1S/C17H15BrN4O2S/c1-2-24-14-6-4-3-5-11(14)10-19-22-17(23)13-9-12(20-21-13)15-7-8-16(18)25-15/h3-10H,2H2,1H3,(H,20,21)(H,22,23)/b19-10+. The molecule has 0 saturated heterocycles. The van der Waals surface area contributed by atoms with Gasteiger partial charge in [0, 0.05) is 5.56 Å². The number of aromatic nitrogens is 2. The highest BCUT2D eigenvalue weighted by Gasteiger charge is 2.12. The monoisotopic (exact) mass is 418 g/mol. The van der Waals surface area contributed by atoms with Crippen molar-refractivity contribution in [2.45, 2.75) is 6.92 Å². The highest BCUT2D eigenvalue weighted by Crippen LogP contribution is 2.30. The molecule has 2 aromatic heterocycles. The van der Waals surface area contributed by atoms with Gasteiger partial charge in [0.15, 0.2) is 5.69 Å². The topological polar surface area (TPSA) is 79.4 Å². The predicted octanol–water partition coefficient (Wildman–Crippen LogP) is 4.06. The predicted molar refractivity (Wildman–Crippen MR) is 102 cm³/mol. The molecule has 2 N–H and O–H groups in total. The molecule has 1 aromatic carbocycles. The zero-order valence-electron chi connectivity index (χ0n) is 13.3. The summed E-state index contributed by atoms with van der Waals surface area (Å²) in [5, 5.41) is 10.9. The second-order valence-corrected chi connectivity index (χ2v) is 7.40. The van der Waals surface area contributed by atoms with E-state index >= 15 is 0 Å². The molecule has 1 amide bonds. The lowest BCUT2D eigenvalue weighted by Crippen LogP contribution is -2.18. The van der Waals surface area contributed by atoms with Crippen LogP contribution in [0.4, 0.5) is 0 Å². The van der Waals surface area contributed by atoms with Gasteiger partial charge in [-0.05, 0) is 53.2 Å². The van der Waals surface area contributed by atoms with Crippen molar-refractivity contribution in [3.63, 3.8) is 0 Å². The van der Waals surface area contributed by atoms with Gasteiger partial charge < -0.3 is 4.74 Å². The van der Waals surface area contributed by atoms with Crippen molar-refractivity contribution < 1.29 is 9.53 Å². The largest absolute Gasteiger partial charge is 0.493 e. The van der Waals surface area contributed by atoms with Gasteiger partial charge >= 0.3 is 0 Å². The second kappa shape index (κ2) is 8.09. The number of H-pyrrole nitrogens is 1. The third-order valence-electron chi connectivity index (χ3n) is 3.24. The van der Waals surface area contributed by atoms with Crippen LogP contribution in [0.15, 0.2) is 51.4 Å². The van der Waals surface area contributed by atoms with Gasteiger partial charge in [-0.1, -0.05) is 12.1 Å². The molecule has 0 aliphatic heterocycles. The molecule has 128 valence electrons. The number of nitrogens with zero attached hydrogens (tertiary/aromatic N) is 2. The fraction of sp³-hybridized carbons (Fsp3) is 0.118. The number of amides is 1. The lowest BCUT2D eigenvalue weighted by atomic mass is 10.2. The summed E-state index contributed by atoms with van der Waals surface area (Å²) in [6, 6.07) is 13.1. The van der Waals surface area contributed by atoms with Crippen LogP contribution in [0.2, 0.25) is 0 Å². The summed E-state index contributed by atoms with van der Waals surface area (Å²) in [5.41, 5.74) is 4.32. The number of benzene rings is 1. The maximum absolute atomic E-state index is 12.2. The number of ether oxygens (including phenoxy) is 1. The first-order valence-electron chi connectivity index (χ1n) is 7.53. The first-order valence-corrected chi connectivity index (χ1v) is 9.14. The molecule has 2 heterocycles. The Bertz CT molecular complexity index is 903. The molecule has 0 spiro atoms. The Labute approximate surface area is 157 Å². The quantitative estimate of drug-likeness (QED) is 0.467. The van der Waals surface area contributed by atoms with E-state index in [0.29, 0.717) is 12.4 Å². The number of hydrogen-bond donors (Lipinski definition) is 2. The molecule has 0 aliphatic rings. The lowest BCUT2D eigenvalue weighted by molar-refractivity contribution is 0.0950. The highest BCUT2D eigenvalue weighted by atomic mass is 79.9. The molecule has 6 nitrogen and oxygen atoms in total. The van der Waals surface area contributed by atoms with Crippen molar-refractivity contribution >= 4 is 39.4 Å². The molecule has 0 aliphatic carbocycles. The number of aromatic amines is 1. The van der Waals surface area contributed by atoms with Crippen LogP contribution in [-0.2, 0) is 0 Å². The van der Waals surface area contributed by atoms with Crippen LogP contribution in [0.1, 0.15) is 23.0 Å². The summed E-state index contributed by atoms with van der Waals surface area (Å²) in [6.45, 7) is 2.48. The van der Waals surface area contributed by atoms with Gasteiger partial charge in [-0.2, -0.15) is 10.2 Å². The highest BCUT2D eigenvalue weighted by molar-refractivity contribution is 9.11. The SMILES string of the molecule is CCOc1ccccc1/C=N/NC(=O)c1cc(-c2ccc(Br)s2)[nH]n1. The molecule has 0 bridgehead atoms. The van der Waals surface area contributed by atoms with Crippen LogP contribution in [0, 0.1) is 0 Å². The number of hydrazone groups is 1. The summed E-state index contributed by atoms with van der Waals surface area (Å²) >= 11 is 4.97. The number of rotatable bonds is 6. The number of hydrogen-bond acceptors (Lipinski definition) is 5. The molecule has 3 aromatic rings. The molecule has 8 heteroatoms. The maximum Gasteiger partial charge on any atom is 0.291 e. The molecule has 0 fully saturated rings. The third kappa shape index (κ3) is 4.34. The molecule has 0 atom stereocenters. The third-order valence-corrected chi connectivity index (χ3v) is 4.89. The average molecular weight is 419 g/mol. The van der Waals surface area contributed by atoms with Crippen LogP contribution in [-0.4, -0.2) is 28.9 Å². The molecule has 25 heavy (non-hydrogen) atoms. The van der Waals surface area contributed by atoms with Crippen LogP contribution in [0.5, 0.6) is 5.75 Å². The van der Waals surface area contributed by atoms with Gasteiger partial charge in [0.25, 0.3) is 5.91 Å². The van der Waals surface area contributed by atoms with Crippen molar-refractivity contribution in [1.29, 1.82) is 0 Å².